The number of anilines is 2. The van der Waals surface area contributed by atoms with Gasteiger partial charge in [-0.1, -0.05) is 23.5 Å². The number of rotatable bonds is 4. The van der Waals surface area contributed by atoms with E-state index in [1.807, 2.05) is 18.2 Å². The van der Waals surface area contributed by atoms with Crippen molar-refractivity contribution in [2.75, 3.05) is 11.1 Å². The molecule has 130 valence electrons. The summed E-state index contributed by atoms with van der Waals surface area (Å²) in [4.78, 5) is 12.6. The lowest BCUT2D eigenvalue weighted by Gasteiger charge is -2.08. The lowest BCUT2D eigenvalue weighted by molar-refractivity contribution is 0.511. The standard InChI is InChI=1S/C18H13F2N5S/c19-12-3-1-2-11(17(12)20)14-8-22-9-16(24-14)23-7-10-4-5-13-15(6-10)26-18(21)25-13/h1-6,8-9H,7H2,(H2,21,25)(H,23,24). The van der Waals surface area contributed by atoms with Crippen molar-refractivity contribution in [3.05, 3.63) is 66.0 Å². The predicted octanol–water partition coefficient (Wildman–Crippen LogP) is 4.23. The molecular weight excluding hydrogens is 356 g/mol. The maximum Gasteiger partial charge on any atom is 0.181 e. The summed E-state index contributed by atoms with van der Waals surface area (Å²) in [6.45, 7) is 0.498. The normalized spacial score (nSPS) is 11.0. The summed E-state index contributed by atoms with van der Waals surface area (Å²) in [5.41, 5.74) is 7.93. The molecule has 0 aliphatic rings. The number of fused-ring (bicyclic) bond motifs is 1. The van der Waals surface area contributed by atoms with Crippen LogP contribution >= 0.6 is 11.3 Å². The van der Waals surface area contributed by atoms with Crippen molar-refractivity contribution in [1.82, 2.24) is 15.0 Å². The Morgan fingerprint density at radius 2 is 1.96 bits per heavy atom. The second kappa shape index (κ2) is 6.64. The van der Waals surface area contributed by atoms with Crippen molar-refractivity contribution in [1.29, 1.82) is 0 Å². The number of halogens is 2. The number of nitrogen functional groups attached to an aromatic ring is 1. The van der Waals surface area contributed by atoms with E-state index in [4.69, 9.17) is 5.73 Å². The van der Waals surface area contributed by atoms with Crippen molar-refractivity contribution < 1.29 is 8.78 Å². The zero-order chi connectivity index (χ0) is 18.1. The number of hydrogen-bond donors (Lipinski definition) is 2. The molecule has 0 unspecified atom stereocenters. The largest absolute Gasteiger partial charge is 0.375 e. The van der Waals surface area contributed by atoms with Gasteiger partial charge in [0.2, 0.25) is 0 Å². The Morgan fingerprint density at radius 1 is 1.08 bits per heavy atom. The molecule has 8 heteroatoms. The highest BCUT2D eigenvalue weighted by atomic mass is 32.1. The highest BCUT2D eigenvalue weighted by Gasteiger charge is 2.11. The minimum atomic E-state index is -0.938. The molecule has 0 saturated heterocycles. The van der Waals surface area contributed by atoms with Crippen LogP contribution in [0.2, 0.25) is 0 Å². The van der Waals surface area contributed by atoms with Crippen LogP contribution in [-0.2, 0) is 6.54 Å². The first-order valence-corrected chi connectivity index (χ1v) is 8.57. The first kappa shape index (κ1) is 16.3. The molecule has 0 fully saturated rings. The Bertz CT molecular complexity index is 1100. The molecule has 0 bridgehead atoms. The number of nitrogens with zero attached hydrogens (tertiary/aromatic N) is 3. The van der Waals surface area contributed by atoms with Gasteiger partial charge in [0.05, 0.1) is 28.3 Å². The molecule has 0 aliphatic heterocycles. The van der Waals surface area contributed by atoms with Crippen LogP contribution < -0.4 is 11.1 Å². The molecule has 0 atom stereocenters. The number of benzene rings is 2. The first-order valence-electron chi connectivity index (χ1n) is 7.75. The molecule has 2 heterocycles. The number of nitrogens with one attached hydrogen (secondary N) is 1. The Hall–Kier alpha value is -3.13. The monoisotopic (exact) mass is 369 g/mol. The number of hydrogen-bond acceptors (Lipinski definition) is 6. The average Bonchev–Trinajstić information content (AvgIpc) is 3.02. The Kier molecular flexibility index (Phi) is 4.18. The Balaban J connectivity index is 1.55. The van der Waals surface area contributed by atoms with Crippen LogP contribution in [0.4, 0.5) is 19.7 Å². The van der Waals surface area contributed by atoms with E-state index in [1.54, 1.807) is 0 Å². The molecule has 5 nitrogen and oxygen atoms in total. The van der Waals surface area contributed by atoms with Gasteiger partial charge in [0.15, 0.2) is 16.8 Å². The molecule has 0 saturated carbocycles. The minimum Gasteiger partial charge on any atom is -0.375 e. The maximum atomic E-state index is 13.9. The molecule has 4 rings (SSSR count). The van der Waals surface area contributed by atoms with Crippen LogP contribution in [0.1, 0.15) is 5.56 Å². The van der Waals surface area contributed by atoms with E-state index in [-0.39, 0.29) is 11.3 Å². The van der Waals surface area contributed by atoms with Gasteiger partial charge in [0.1, 0.15) is 5.82 Å². The van der Waals surface area contributed by atoms with E-state index < -0.39 is 11.6 Å². The molecule has 3 N–H and O–H groups in total. The summed E-state index contributed by atoms with van der Waals surface area (Å²) in [6, 6.07) is 9.82. The number of aromatic nitrogens is 3. The van der Waals surface area contributed by atoms with E-state index in [9.17, 15) is 8.78 Å². The van der Waals surface area contributed by atoms with Crippen molar-refractivity contribution in [2.24, 2.45) is 0 Å². The summed E-state index contributed by atoms with van der Waals surface area (Å²) in [6.07, 6.45) is 2.93. The average molecular weight is 369 g/mol. The molecule has 2 aromatic heterocycles. The molecule has 26 heavy (non-hydrogen) atoms. The van der Waals surface area contributed by atoms with Gasteiger partial charge in [-0.3, -0.25) is 4.98 Å². The zero-order valence-electron chi connectivity index (χ0n) is 13.4. The number of thiazole rings is 1. The minimum absolute atomic E-state index is 0.0719. The molecule has 2 aromatic carbocycles. The molecule has 4 aromatic rings. The van der Waals surface area contributed by atoms with Crippen LogP contribution in [-0.4, -0.2) is 15.0 Å². The fraction of sp³-hybridized carbons (Fsp3) is 0.0556. The molecule has 0 amide bonds. The van der Waals surface area contributed by atoms with E-state index in [0.717, 1.165) is 21.8 Å². The maximum absolute atomic E-state index is 13.9. The SMILES string of the molecule is Nc1nc2ccc(CNc3cncc(-c4cccc(F)c4F)n3)cc2s1. The van der Waals surface area contributed by atoms with Gasteiger partial charge in [-0.25, -0.2) is 18.7 Å². The van der Waals surface area contributed by atoms with Gasteiger partial charge in [-0.15, -0.1) is 0 Å². The van der Waals surface area contributed by atoms with Crippen molar-refractivity contribution in [2.45, 2.75) is 6.54 Å². The van der Waals surface area contributed by atoms with Crippen LogP contribution in [0.5, 0.6) is 0 Å². The lowest BCUT2D eigenvalue weighted by atomic mass is 10.1. The summed E-state index contributed by atoms with van der Waals surface area (Å²) in [7, 11) is 0. The smallest absolute Gasteiger partial charge is 0.181 e. The van der Waals surface area contributed by atoms with Crippen LogP contribution in [0.25, 0.3) is 21.5 Å². The third-order valence-corrected chi connectivity index (χ3v) is 4.65. The lowest BCUT2D eigenvalue weighted by Crippen LogP contribution is -2.03. The Labute approximate surface area is 151 Å². The van der Waals surface area contributed by atoms with Gasteiger partial charge < -0.3 is 11.1 Å². The highest BCUT2D eigenvalue weighted by Crippen LogP contribution is 2.25. The van der Waals surface area contributed by atoms with Gasteiger partial charge >= 0.3 is 0 Å². The first-order chi connectivity index (χ1) is 12.6. The third kappa shape index (κ3) is 3.18. The van der Waals surface area contributed by atoms with Crippen molar-refractivity contribution in [3.8, 4) is 11.3 Å². The van der Waals surface area contributed by atoms with E-state index >= 15 is 0 Å². The van der Waals surface area contributed by atoms with Gasteiger partial charge in [-0.2, -0.15) is 0 Å². The second-order valence-electron chi connectivity index (χ2n) is 5.60. The second-order valence-corrected chi connectivity index (χ2v) is 6.66. The van der Waals surface area contributed by atoms with E-state index in [2.05, 4.69) is 20.3 Å². The van der Waals surface area contributed by atoms with E-state index in [0.29, 0.717) is 17.5 Å². The van der Waals surface area contributed by atoms with Crippen LogP contribution in [0.15, 0.2) is 48.8 Å². The summed E-state index contributed by atoms with van der Waals surface area (Å²) >= 11 is 1.42. The van der Waals surface area contributed by atoms with Crippen molar-refractivity contribution >= 4 is 32.5 Å². The molecular formula is C18H13F2N5S. The number of nitrogens with two attached hydrogens (primary N) is 1. The van der Waals surface area contributed by atoms with Gasteiger partial charge in [0.25, 0.3) is 0 Å². The summed E-state index contributed by atoms with van der Waals surface area (Å²) in [5.74, 6) is -1.39. The molecule has 0 aliphatic carbocycles. The summed E-state index contributed by atoms with van der Waals surface area (Å²) < 4.78 is 28.4. The van der Waals surface area contributed by atoms with Crippen LogP contribution in [0.3, 0.4) is 0 Å². The third-order valence-electron chi connectivity index (χ3n) is 3.81. The zero-order valence-corrected chi connectivity index (χ0v) is 14.2. The fourth-order valence-corrected chi connectivity index (χ4v) is 3.37. The fourth-order valence-electron chi connectivity index (χ4n) is 2.57. The quantitative estimate of drug-likeness (QED) is 0.563. The predicted molar refractivity (Wildman–Crippen MR) is 98.7 cm³/mol. The van der Waals surface area contributed by atoms with Crippen LogP contribution in [0, 0.1) is 11.6 Å². The van der Waals surface area contributed by atoms with Gasteiger partial charge in [-0.05, 0) is 29.8 Å². The highest BCUT2D eigenvalue weighted by molar-refractivity contribution is 7.22. The Morgan fingerprint density at radius 3 is 2.85 bits per heavy atom. The molecule has 0 spiro atoms. The summed E-state index contributed by atoms with van der Waals surface area (Å²) in [5, 5.41) is 3.67. The van der Waals surface area contributed by atoms with Crippen molar-refractivity contribution in [3.63, 3.8) is 0 Å². The molecule has 0 radical (unpaired) electrons. The van der Waals surface area contributed by atoms with E-state index in [1.165, 1.54) is 35.9 Å². The topological polar surface area (TPSA) is 76.7 Å². The van der Waals surface area contributed by atoms with Gasteiger partial charge in [0, 0.05) is 12.1 Å².